The number of unbranched alkanes of at least 4 members (excludes halogenated alkanes) is 1. The predicted octanol–water partition coefficient (Wildman–Crippen LogP) is 9.10. The Labute approximate surface area is 302 Å². The van der Waals surface area contributed by atoms with Gasteiger partial charge >= 0.3 is 0 Å². The number of ether oxygens (including phenoxy) is 3. The van der Waals surface area contributed by atoms with E-state index in [0.29, 0.717) is 57.1 Å². The van der Waals surface area contributed by atoms with Gasteiger partial charge in [0.15, 0.2) is 38.7 Å². The molecule has 1 amide bonds. The topological polar surface area (TPSA) is 124 Å². The van der Waals surface area contributed by atoms with Crippen molar-refractivity contribution >= 4 is 61.7 Å². The van der Waals surface area contributed by atoms with Gasteiger partial charge in [-0.25, -0.2) is 0 Å². The molecule has 1 N–H and O–H groups in total. The van der Waals surface area contributed by atoms with Crippen LogP contribution in [0.4, 0.5) is 5.13 Å². The van der Waals surface area contributed by atoms with E-state index in [1.165, 1.54) is 35.1 Å². The summed E-state index contributed by atoms with van der Waals surface area (Å²) < 4.78 is 24.0. The number of carbonyl (C=O) groups is 2. The first-order valence-electron chi connectivity index (χ1n) is 16.6. The normalized spacial score (nSPS) is 14.5. The maximum atomic E-state index is 14.3. The van der Waals surface area contributed by atoms with Crippen molar-refractivity contribution in [2.45, 2.75) is 42.8 Å². The first-order chi connectivity index (χ1) is 24.9. The highest BCUT2D eigenvalue weighted by Crippen LogP contribution is 2.46. The average molecular weight is 722 g/mol. The number of Topliss-reactive ketones (excluding diaryl/α,β-unsaturated/α-hetero) is 1. The molecule has 260 valence electrons. The number of thioether (sulfide) groups is 1. The summed E-state index contributed by atoms with van der Waals surface area (Å²) in [6.45, 7) is 4.82. The largest absolute Gasteiger partial charge is 0.503 e. The van der Waals surface area contributed by atoms with Crippen LogP contribution >= 0.6 is 23.1 Å². The molecule has 0 radical (unpaired) electrons. The van der Waals surface area contributed by atoms with E-state index in [-0.39, 0.29) is 16.5 Å². The Kier molecular flexibility index (Phi) is 9.96. The fraction of sp³-hybridized carbons (Fsp3) is 0.231. The van der Waals surface area contributed by atoms with E-state index in [1.807, 2.05) is 25.1 Å². The molecule has 1 unspecified atom stereocenters. The van der Waals surface area contributed by atoms with Crippen molar-refractivity contribution in [1.82, 2.24) is 10.2 Å². The molecule has 1 aliphatic heterocycles. The van der Waals surface area contributed by atoms with Crippen molar-refractivity contribution in [3.05, 3.63) is 113 Å². The molecule has 0 aliphatic carbocycles. The molecule has 1 aliphatic rings. The van der Waals surface area contributed by atoms with Crippen molar-refractivity contribution in [2.24, 2.45) is 0 Å². The summed E-state index contributed by atoms with van der Waals surface area (Å²) in [6.07, 6.45) is 1.84. The van der Waals surface area contributed by atoms with Gasteiger partial charge in [0.2, 0.25) is 10.9 Å². The number of hydrogen-bond donors (Lipinski definition) is 1. The van der Waals surface area contributed by atoms with Gasteiger partial charge in [-0.15, -0.1) is 10.2 Å². The van der Waals surface area contributed by atoms with Crippen LogP contribution in [0.25, 0.3) is 21.7 Å². The Hall–Kier alpha value is -5.33. The molecule has 0 saturated carbocycles. The highest BCUT2D eigenvalue weighted by molar-refractivity contribution is 8.00. The number of methoxy groups -OCH3 is 1. The lowest BCUT2D eigenvalue weighted by atomic mass is 9.95. The zero-order valence-electron chi connectivity index (χ0n) is 28.3. The van der Waals surface area contributed by atoms with Crippen LogP contribution in [-0.4, -0.2) is 47.3 Å². The number of furan rings is 1. The van der Waals surface area contributed by atoms with Gasteiger partial charge in [-0.1, -0.05) is 97.1 Å². The van der Waals surface area contributed by atoms with Gasteiger partial charge in [-0.2, -0.15) is 0 Å². The van der Waals surface area contributed by atoms with Crippen LogP contribution in [0, 0.1) is 0 Å². The Balaban J connectivity index is 1.27. The minimum Gasteiger partial charge on any atom is -0.503 e. The zero-order valence-corrected chi connectivity index (χ0v) is 29.9. The van der Waals surface area contributed by atoms with Crippen LogP contribution in [0.1, 0.15) is 54.4 Å². The third-order valence-corrected chi connectivity index (χ3v) is 10.7. The predicted molar refractivity (Wildman–Crippen MR) is 198 cm³/mol. The summed E-state index contributed by atoms with van der Waals surface area (Å²) in [5, 5.41) is 23.4. The molecular weight excluding hydrogens is 687 g/mol. The van der Waals surface area contributed by atoms with Gasteiger partial charge in [0.25, 0.3) is 5.91 Å². The first kappa shape index (κ1) is 34.1. The lowest BCUT2D eigenvalue weighted by molar-refractivity contribution is -0.117. The molecule has 6 aromatic rings. The van der Waals surface area contributed by atoms with E-state index in [2.05, 4.69) is 41.4 Å². The second-order valence-electron chi connectivity index (χ2n) is 11.8. The number of aliphatic hydroxyl groups is 1. The number of aromatic nitrogens is 2. The van der Waals surface area contributed by atoms with Gasteiger partial charge in [0.1, 0.15) is 0 Å². The van der Waals surface area contributed by atoms with Crippen LogP contribution in [0.2, 0.25) is 0 Å². The highest BCUT2D eigenvalue weighted by atomic mass is 32.2. The number of carbonyl (C=O) groups excluding carboxylic acids is 2. The minimum absolute atomic E-state index is 0.0520. The van der Waals surface area contributed by atoms with E-state index in [0.717, 1.165) is 29.2 Å². The molecule has 51 heavy (non-hydrogen) atoms. The molecule has 0 spiro atoms. The fourth-order valence-corrected chi connectivity index (χ4v) is 7.99. The van der Waals surface area contributed by atoms with Crippen LogP contribution in [0.5, 0.6) is 17.2 Å². The number of aliphatic hydroxyl groups excluding tert-OH is 1. The Bertz CT molecular complexity index is 2270. The summed E-state index contributed by atoms with van der Waals surface area (Å²) in [5.41, 5.74) is 1.88. The van der Waals surface area contributed by atoms with Gasteiger partial charge in [-0.3, -0.25) is 14.5 Å². The highest BCUT2D eigenvalue weighted by Gasteiger charge is 2.47. The number of benzene rings is 4. The van der Waals surface area contributed by atoms with E-state index in [4.69, 9.17) is 18.6 Å². The van der Waals surface area contributed by atoms with E-state index in [1.54, 1.807) is 42.5 Å². The van der Waals surface area contributed by atoms with Crippen molar-refractivity contribution < 1.29 is 33.3 Å². The lowest BCUT2D eigenvalue weighted by Crippen LogP contribution is -2.31. The average Bonchev–Trinajstić information content (AvgIpc) is 3.87. The molecule has 1 atom stereocenters. The van der Waals surface area contributed by atoms with Crippen molar-refractivity contribution in [3.63, 3.8) is 0 Å². The molecule has 7 rings (SSSR count). The van der Waals surface area contributed by atoms with Crippen molar-refractivity contribution in [3.8, 4) is 17.2 Å². The van der Waals surface area contributed by atoms with Gasteiger partial charge in [-0.05, 0) is 59.5 Å². The smallest absolute Gasteiger partial charge is 0.296 e. The van der Waals surface area contributed by atoms with E-state index in [9.17, 15) is 14.7 Å². The molecule has 0 bridgehead atoms. The van der Waals surface area contributed by atoms with E-state index < -0.39 is 23.5 Å². The Morgan fingerprint density at radius 2 is 1.75 bits per heavy atom. The molecule has 3 heterocycles. The molecule has 4 aromatic carbocycles. The monoisotopic (exact) mass is 721 g/mol. The quantitative estimate of drug-likeness (QED) is 0.0504. The number of hydrogen-bond acceptors (Lipinski definition) is 11. The van der Waals surface area contributed by atoms with E-state index >= 15 is 0 Å². The Morgan fingerprint density at radius 1 is 0.941 bits per heavy atom. The van der Waals surface area contributed by atoms with Crippen LogP contribution < -0.4 is 19.1 Å². The summed E-state index contributed by atoms with van der Waals surface area (Å²) in [4.78, 5) is 29.6. The lowest BCUT2D eigenvalue weighted by Gasteiger charge is -2.24. The van der Waals surface area contributed by atoms with Gasteiger partial charge in [0, 0.05) is 11.1 Å². The summed E-state index contributed by atoms with van der Waals surface area (Å²) in [6, 6.07) is 25.4. The number of para-hydroxylation sites is 1. The molecule has 0 fully saturated rings. The molecule has 0 saturated heterocycles. The zero-order chi connectivity index (χ0) is 35.5. The molecule has 12 heteroatoms. The van der Waals surface area contributed by atoms with Crippen LogP contribution in [0.15, 0.2) is 105 Å². The molecular formula is C39H35N3O7S2. The van der Waals surface area contributed by atoms with Crippen molar-refractivity contribution in [1.29, 1.82) is 0 Å². The maximum absolute atomic E-state index is 14.3. The standard InChI is InChI=1S/C39H35N3O7S2/c1-4-6-19-48-28-18-17-24(20-30(28)47-5-2)33-32(34(43)31-21-25-13-10-16-29(46-3)36(25)49-31)35(44)37(45)42(33)38-40-41-39(51-38)50-22-26-14-9-12-23-11-7-8-15-27(23)26/h7-18,20-21,33,44H,4-6,19,22H2,1-3H3. The summed E-state index contributed by atoms with van der Waals surface area (Å²) in [5.74, 6) is -0.0987. The number of nitrogens with zero attached hydrogens (tertiary/aromatic N) is 3. The minimum atomic E-state index is -1.08. The number of anilines is 1. The maximum Gasteiger partial charge on any atom is 0.296 e. The fourth-order valence-electron chi connectivity index (χ4n) is 6.12. The summed E-state index contributed by atoms with van der Waals surface area (Å²) >= 11 is 2.71. The van der Waals surface area contributed by atoms with Crippen LogP contribution in [-0.2, 0) is 10.5 Å². The number of amides is 1. The van der Waals surface area contributed by atoms with Crippen molar-refractivity contribution in [2.75, 3.05) is 25.2 Å². The second-order valence-corrected chi connectivity index (χ2v) is 14.0. The van der Waals surface area contributed by atoms with Gasteiger partial charge in [0.05, 0.1) is 31.9 Å². The first-order valence-corrected chi connectivity index (χ1v) is 18.4. The number of ketones is 1. The molecule has 10 nitrogen and oxygen atoms in total. The Morgan fingerprint density at radius 3 is 2.57 bits per heavy atom. The van der Waals surface area contributed by atoms with Gasteiger partial charge < -0.3 is 23.7 Å². The third kappa shape index (κ3) is 6.64. The van der Waals surface area contributed by atoms with Crippen LogP contribution in [0.3, 0.4) is 0 Å². The SMILES string of the molecule is CCCCOc1ccc(C2C(C(=O)c3cc4cccc(OC)c4o3)=C(O)C(=O)N2c2nnc(SCc3cccc4ccccc34)s2)cc1OCC. The molecule has 2 aromatic heterocycles. The third-order valence-electron chi connectivity index (χ3n) is 8.58. The summed E-state index contributed by atoms with van der Waals surface area (Å²) in [7, 11) is 1.51. The number of fused-ring (bicyclic) bond motifs is 2. The number of rotatable bonds is 14. The second kappa shape index (κ2) is 14.9.